The summed E-state index contributed by atoms with van der Waals surface area (Å²) < 4.78 is 80.6. The number of aromatic amines is 1. The van der Waals surface area contributed by atoms with E-state index in [1.165, 1.54) is 29.6 Å². The number of H-pyrrole nitrogens is 1. The molecule has 0 saturated heterocycles. The third-order valence-corrected chi connectivity index (χ3v) is 4.80. The minimum atomic E-state index is -4.72. The molecule has 0 aliphatic carbocycles. The Labute approximate surface area is 180 Å². The standard InChI is InChI=1S/C11H9F3N4O2.C8H5F3N2/c12-11(13,14)9-8(20-5-17-9)10(19)18-2-1-6-7(3-18)16-4-15-6;9-8(10,11)7-3-1-2-6-4-5-12-13(6)7/h4-5H,1-3H2,(H,15,16);1-5H. The Morgan fingerprint density at radius 2 is 1.85 bits per heavy atom. The van der Waals surface area contributed by atoms with Crippen molar-refractivity contribution in [2.24, 2.45) is 0 Å². The molecule has 0 unspecified atom stereocenters. The summed E-state index contributed by atoms with van der Waals surface area (Å²) in [6.45, 7) is 0.459. The predicted molar refractivity (Wildman–Crippen MR) is 98.7 cm³/mol. The van der Waals surface area contributed by atoms with Gasteiger partial charge in [0.25, 0.3) is 5.91 Å². The first-order valence-corrected chi connectivity index (χ1v) is 9.36. The monoisotopic (exact) mass is 472 g/mol. The molecule has 4 aromatic rings. The van der Waals surface area contributed by atoms with Crippen LogP contribution in [0.4, 0.5) is 26.3 Å². The molecule has 5 rings (SSSR count). The SMILES string of the molecule is FC(F)(F)c1cccc2ccnn12.O=C(c1ocnc1C(F)(F)F)N1CCc2nc[nH]c2C1. The van der Waals surface area contributed by atoms with Gasteiger partial charge in [0.05, 0.1) is 29.8 Å². The lowest BCUT2D eigenvalue weighted by molar-refractivity contribution is -0.143. The van der Waals surface area contributed by atoms with Crippen molar-refractivity contribution >= 4 is 11.4 Å². The second-order valence-corrected chi connectivity index (χ2v) is 6.91. The molecular weight excluding hydrogens is 458 g/mol. The molecule has 0 radical (unpaired) electrons. The van der Waals surface area contributed by atoms with Gasteiger partial charge in [-0.05, 0) is 18.2 Å². The summed E-state index contributed by atoms with van der Waals surface area (Å²) in [5.74, 6) is -1.60. The van der Waals surface area contributed by atoms with Crippen molar-refractivity contribution < 1.29 is 35.6 Å². The quantitative estimate of drug-likeness (QED) is 0.424. The van der Waals surface area contributed by atoms with Gasteiger partial charge in [-0.25, -0.2) is 14.5 Å². The third kappa shape index (κ3) is 4.54. The normalized spacial score (nSPS) is 14.1. The van der Waals surface area contributed by atoms with Gasteiger partial charge in [-0.3, -0.25) is 4.79 Å². The van der Waals surface area contributed by atoms with Crippen molar-refractivity contribution in [3.8, 4) is 0 Å². The molecule has 4 aromatic heterocycles. The molecule has 0 atom stereocenters. The third-order valence-electron chi connectivity index (χ3n) is 4.80. The molecule has 1 N–H and O–H groups in total. The number of fused-ring (bicyclic) bond motifs is 2. The Balaban J connectivity index is 0.000000172. The molecule has 33 heavy (non-hydrogen) atoms. The number of hydrogen-bond donors (Lipinski definition) is 1. The van der Waals surface area contributed by atoms with E-state index in [1.807, 2.05) is 0 Å². The van der Waals surface area contributed by atoms with E-state index < -0.39 is 35.4 Å². The molecule has 1 aliphatic rings. The van der Waals surface area contributed by atoms with Crippen molar-refractivity contribution in [3.63, 3.8) is 0 Å². The number of hydrogen-bond acceptors (Lipinski definition) is 5. The Bertz CT molecular complexity index is 1270. The summed E-state index contributed by atoms with van der Waals surface area (Å²) in [7, 11) is 0. The summed E-state index contributed by atoms with van der Waals surface area (Å²) in [6.07, 6.45) is -5.13. The van der Waals surface area contributed by atoms with Gasteiger partial charge in [-0.1, -0.05) is 6.07 Å². The molecule has 174 valence electrons. The Morgan fingerprint density at radius 1 is 1.06 bits per heavy atom. The van der Waals surface area contributed by atoms with Crippen LogP contribution in [-0.4, -0.2) is 41.9 Å². The maximum Gasteiger partial charge on any atom is 0.437 e. The average molecular weight is 472 g/mol. The highest BCUT2D eigenvalue weighted by atomic mass is 19.4. The van der Waals surface area contributed by atoms with Crippen LogP contribution in [-0.2, 0) is 25.3 Å². The predicted octanol–water partition coefficient (Wildman–Crippen LogP) is 3.97. The smallest absolute Gasteiger partial charge is 0.437 e. The Kier molecular flexibility index (Phi) is 5.59. The molecule has 5 heterocycles. The Hall–Kier alpha value is -3.84. The lowest BCUT2D eigenvalue weighted by atomic mass is 10.1. The number of alkyl halides is 6. The second kappa shape index (κ2) is 8.26. The van der Waals surface area contributed by atoms with Crippen molar-refractivity contribution in [1.29, 1.82) is 0 Å². The minimum absolute atomic E-state index is 0.173. The molecule has 1 amide bonds. The maximum atomic E-state index is 12.7. The van der Waals surface area contributed by atoms with Crippen LogP contribution in [0.1, 0.15) is 33.3 Å². The first-order chi connectivity index (χ1) is 15.6. The fourth-order valence-corrected chi connectivity index (χ4v) is 3.29. The van der Waals surface area contributed by atoms with Crippen LogP contribution in [0, 0.1) is 0 Å². The van der Waals surface area contributed by atoms with Gasteiger partial charge in [-0.2, -0.15) is 31.4 Å². The molecule has 1 aliphatic heterocycles. The zero-order valence-electron chi connectivity index (χ0n) is 16.5. The molecule has 0 bridgehead atoms. The van der Waals surface area contributed by atoms with Crippen LogP contribution in [0.3, 0.4) is 0 Å². The largest absolute Gasteiger partial charge is 0.438 e. The van der Waals surface area contributed by atoms with Crippen LogP contribution < -0.4 is 0 Å². The van der Waals surface area contributed by atoms with Crippen LogP contribution in [0.5, 0.6) is 0 Å². The fraction of sp³-hybridized carbons (Fsp3) is 0.263. The molecule has 0 spiro atoms. The van der Waals surface area contributed by atoms with E-state index in [2.05, 4.69) is 24.5 Å². The van der Waals surface area contributed by atoms with Crippen molar-refractivity contribution in [2.45, 2.75) is 25.3 Å². The summed E-state index contributed by atoms with van der Waals surface area (Å²) in [5, 5.41) is 3.58. The minimum Gasteiger partial charge on any atom is -0.438 e. The number of amides is 1. The number of rotatable bonds is 1. The van der Waals surface area contributed by atoms with Crippen molar-refractivity contribution in [3.05, 3.63) is 71.7 Å². The Morgan fingerprint density at radius 3 is 2.58 bits per heavy atom. The van der Waals surface area contributed by atoms with E-state index in [4.69, 9.17) is 0 Å². The summed E-state index contributed by atoms with van der Waals surface area (Å²) >= 11 is 0. The molecule has 8 nitrogen and oxygen atoms in total. The highest BCUT2D eigenvalue weighted by Gasteiger charge is 2.41. The van der Waals surface area contributed by atoms with Gasteiger partial charge < -0.3 is 14.3 Å². The van der Waals surface area contributed by atoms with E-state index in [1.54, 1.807) is 6.07 Å². The first-order valence-electron chi connectivity index (χ1n) is 9.36. The fourth-order valence-electron chi connectivity index (χ4n) is 3.29. The maximum absolute atomic E-state index is 12.7. The summed E-state index contributed by atoms with van der Waals surface area (Å²) in [5.41, 5.74) is -0.0666. The van der Waals surface area contributed by atoms with Gasteiger partial charge in [-0.15, -0.1) is 0 Å². The summed E-state index contributed by atoms with van der Waals surface area (Å²) in [4.78, 5) is 23.4. The number of nitrogens with one attached hydrogen (secondary N) is 1. The van der Waals surface area contributed by atoms with Gasteiger partial charge in [0.2, 0.25) is 5.76 Å². The van der Waals surface area contributed by atoms with Gasteiger partial charge in [0, 0.05) is 19.2 Å². The molecule has 0 aromatic carbocycles. The molecular formula is C19H14F6N6O2. The number of carbonyl (C=O) groups is 1. The highest BCUT2D eigenvalue weighted by Crippen LogP contribution is 2.32. The number of halogens is 6. The zero-order chi connectivity index (χ0) is 23.8. The summed E-state index contributed by atoms with van der Waals surface area (Å²) in [6, 6.07) is 5.46. The lowest BCUT2D eigenvalue weighted by Gasteiger charge is -2.25. The number of pyridine rings is 1. The van der Waals surface area contributed by atoms with Crippen LogP contribution in [0.2, 0.25) is 0 Å². The molecule has 0 fully saturated rings. The van der Waals surface area contributed by atoms with E-state index in [-0.39, 0.29) is 13.1 Å². The number of carbonyl (C=O) groups excluding carboxylic acids is 1. The number of imidazole rings is 1. The first kappa shape index (κ1) is 22.4. The van der Waals surface area contributed by atoms with E-state index >= 15 is 0 Å². The molecule has 14 heteroatoms. The number of oxazole rings is 1. The van der Waals surface area contributed by atoms with Crippen LogP contribution in [0.15, 0.2) is 47.6 Å². The zero-order valence-corrected chi connectivity index (χ0v) is 16.5. The molecule has 0 saturated carbocycles. The van der Waals surface area contributed by atoms with Crippen molar-refractivity contribution in [2.75, 3.05) is 6.54 Å². The van der Waals surface area contributed by atoms with E-state index in [0.717, 1.165) is 22.0 Å². The van der Waals surface area contributed by atoms with E-state index in [9.17, 15) is 31.1 Å². The average Bonchev–Trinajstić information content (AvgIpc) is 3.51. The lowest BCUT2D eigenvalue weighted by Crippen LogP contribution is -2.36. The van der Waals surface area contributed by atoms with Gasteiger partial charge in [0.15, 0.2) is 12.1 Å². The van der Waals surface area contributed by atoms with Crippen molar-refractivity contribution in [1.82, 2.24) is 29.5 Å². The number of aromatic nitrogens is 5. The second-order valence-electron chi connectivity index (χ2n) is 6.91. The highest BCUT2D eigenvalue weighted by molar-refractivity contribution is 5.92. The van der Waals surface area contributed by atoms with Crippen LogP contribution in [0.25, 0.3) is 5.52 Å². The topological polar surface area (TPSA) is 92.3 Å². The van der Waals surface area contributed by atoms with E-state index in [0.29, 0.717) is 18.3 Å². The van der Waals surface area contributed by atoms with Gasteiger partial charge >= 0.3 is 12.4 Å². The van der Waals surface area contributed by atoms with Gasteiger partial charge in [0.1, 0.15) is 5.69 Å². The van der Waals surface area contributed by atoms with Crippen LogP contribution >= 0.6 is 0 Å². The number of nitrogens with zero attached hydrogens (tertiary/aromatic N) is 5.